The molecule has 1 fully saturated rings. The molecule has 2 aromatic rings. The molecule has 0 unspecified atom stereocenters. The Morgan fingerprint density at radius 1 is 0.958 bits per heavy atom. The number of hydrogen-bond acceptors (Lipinski definition) is 3. The zero-order chi connectivity index (χ0) is 17.3. The van der Waals surface area contributed by atoms with E-state index in [1.807, 2.05) is 42.5 Å². The molecule has 128 valence electrons. The van der Waals surface area contributed by atoms with Crippen LogP contribution in [0.15, 0.2) is 42.5 Å². The Bertz CT molecular complexity index is 851. The van der Waals surface area contributed by atoms with Gasteiger partial charge in [0.15, 0.2) is 0 Å². The monoisotopic (exact) mass is 347 g/mol. The van der Waals surface area contributed by atoms with E-state index in [4.69, 9.17) is 0 Å². The molecule has 0 spiro atoms. The van der Waals surface area contributed by atoms with Crippen LogP contribution in [0.4, 0.5) is 0 Å². The number of nitrogens with zero attached hydrogens (tertiary/aromatic N) is 3. The summed E-state index contributed by atoms with van der Waals surface area (Å²) in [6, 6.07) is 13.5. The van der Waals surface area contributed by atoms with E-state index in [1.54, 1.807) is 4.90 Å². The van der Waals surface area contributed by atoms with Gasteiger partial charge in [0.25, 0.3) is 16.1 Å². The number of benzene rings is 2. The summed E-state index contributed by atoms with van der Waals surface area (Å²) in [4.78, 5) is 14.6. The fourth-order valence-electron chi connectivity index (χ4n) is 2.94. The summed E-state index contributed by atoms with van der Waals surface area (Å²) in [7, 11) is -0.386. The third kappa shape index (κ3) is 3.02. The van der Waals surface area contributed by atoms with Gasteiger partial charge in [0.2, 0.25) is 0 Å². The Labute approximate surface area is 142 Å². The van der Waals surface area contributed by atoms with Crippen LogP contribution in [-0.2, 0) is 10.2 Å². The van der Waals surface area contributed by atoms with Gasteiger partial charge in [0.05, 0.1) is 0 Å². The molecule has 3 rings (SSSR count). The first kappa shape index (κ1) is 16.9. The smallest absolute Gasteiger partial charge is 0.281 e. The van der Waals surface area contributed by atoms with E-state index >= 15 is 0 Å². The van der Waals surface area contributed by atoms with E-state index in [0.29, 0.717) is 31.7 Å². The highest BCUT2D eigenvalue weighted by molar-refractivity contribution is 7.86. The number of rotatable bonds is 3. The summed E-state index contributed by atoms with van der Waals surface area (Å²) >= 11 is 0. The van der Waals surface area contributed by atoms with Gasteiger partial charge in [-0.05, 0) is 16.8 Å². The normalized spacial score (nSPS) is 16.7. The van der Waals surface area contributed by atoms with Gasteiger partial charge < -0.3 is 4.90 Å². The molecule has 1 amide bonds. The van der Waals surface area contributed by atoms with E-state index in [-0.39, 0.29) is 5.91 Å². The van der Waals surface area contributed by atoms with Gasteiger partial charge in [-0.3, -0.25) is 4.79 Å². The Kier molecular flexibility index (Phi) is 4.58. The predicted octanol–water partition coefficient (Wildman–Crippen LogP) is 1.40. The third-order valence-electron chi connectivity index (χ3n) is 4.33. The molecule has 1 aliphatic heterocycles. The van der Waals surface area contributed by atoms with Crippen LogP contribution in [0, 0.1) is 0 Å². The van der Waals surface area contributed by atoms with E-state index in [2.05, 4.69) is 0 Å². The highest BCUT2D eigenvalue weighted by Crippen LogP contribution is 2.21. The van der Waals surface area contributed by atoms with Crippen molar-refractivity contribution in [1.82, 2.24) is 13.5 Å². The minimum Gasteiger partial charge on any atom is -0.336 e. The summed E-state index contributed by atoms with van der Waals surface area (Å²) in [6.07, 6.45) is 0. The first-order chi connectivity index (χ1) is 11.4. The van der Waals surface area contributed by atoms with Gasteiger partial charge >= 0.3 is 0 Å². The van der Waals surface area contributed by atoms with Crippen LogP contribution in [-0.4, -0.2) is 68.1 Å². The third-order valence-corrected chi connectivity index (χ3v) is 6.27. The fraction of sp³-hybridized carbons (Fsp3) is 0.353. The van der Waals surface area contributed by atoms with E-state index in [9.17, 15) is 13.2 Å². The zero-order valence-corrected chi connectivity index (χ0v) is 14.7. The second kappa shape index (κ2) is 6.51. The molecule has 0 atom stereocenters. The number of hydrogen-bond donors (Lipinski definition) is 0. The van der Waals surface area contributed by atoms with Crippen molar-refractivity contribution in [3.8, 4) is 0 Å². The minimum atomic E-state index is -3.42. The molecule has 0 aromatic heterocycles. The van der Waals surface area contributed by atoms with Crippen molar-refractivity contribution in [2.45, 2.75) is 0 Å². The summed E-state index contributed by atoms with van der Waals surface area (Å²) in [6.45, 7) is 1.43. The number of carbonyl (C=O) groups excluding carboxylic acids is 1. The molecule has 7 heteroatoms. The Balaban J connectivity index is 1.78. The van der Waals surface area contributed by atoms with Gasteiger partial charge in [-0.15, -0.1) is 0 Å². The lowest BCUT2D eigenvalue weighted by atomic mass is 10.0. The lowest BCUT2D eigenvalue weighted by Gasteiger charge is -2.35. The maximum atomic E-state index is 12.9. The topological polar surface area (TPSA) is 60.9 Å². The number of fused-ring (bicyclic) bond motifs is 1. The number of amides is 1. The van der Waals surface area contributed by atoms with Crippen molar-refractivity contribution in [3.05, 3.63) is 48.0 Å². The van der Waals surface area contributed by atoms with Crippen LogP contribution in [0.5, 0.6) is 0 Å². The lowest BCUT2D eigenvalue weighted by molar-refractivity contribution is 0.0697. The molecule has 6 nitrogen and oxygen atoms in total. The SMILES string of the molecule is CN(C)S(=O)(=O)N1CCN(C(=O)c2cccc3ccccc23)CC1. The van der Waals surface area contributed by atoms with Gasteiger partial charge in [0.1, 0.15) is 0 Å². The predicted molar refractivity (Wildman–Crippen MR) is 94.0 cm³/mol. The zero-order valence-electron chi connectivity index (χ0n) is 13.8. The van der Waals surface area contributed by atoms with Crippen molar-refractivity contribution in [2.75, 3.05) is 40.3 Å². The molecular weight excluding hydrogens is 326 g/mol. The van der Waals surface area contributed by atoms with Crippen LogP contribution in [0.3, 0.4) is 0 Å². The molecular formula is C17H21N3O3S. The summed E-state index contributed by atoms with van der Waals surface area (Å²) in [5.41, 5.74) is 0.664. The van der Waals surface area contributed by atoms with Crippen molar-refractivity contribution in [3.63, 3.8) is 0 Å². The molecule has 0 saturated carbocycles. The maximum absolute atomic E-state index is 12.9. The molecule has 2 aromatic carbocycles. The molecule has 24 heavy (non-hydrogen) atoms. The van der Waals surface area contributed by atoms with Crippen molar-refractivity contribution < 1.29 is 13.2 Å². The molecule has 0 aliphatic carbocycles. The van der Waals surface area contributed by atoms with Crippen molar-refractivity contribution in [2.24, 2.45) is 0 Å². The highest BCUT2D eigenvalue weighted by Gasteiger charge is 2.30. The minimum absolute atomic E-state index is 0.0475. The van der Waals surface area contributed by atoms with Crippen LogP contribution >= 0.6 is 0 Å². The molecule has 1 saturated heterocycles. The molecule has 1 aliphatic rings. The van der Waals surface area contributed by atoms with E-state index in [1.165, 1.54) is 22.7 Å². The first-order valence-electron chi connectivity index (χ1n) is 7.86. The Hall–Kier alpha value is -1.96. The Morgan fingerprint density at radius 3 is 2.25 bits per heavy atom. The van der Waals surface area contributed by atoms with Crippen LogP contribution in [0.25, 0.3) is 10.8 Å². The summed E-state index contributed by atoms with van der Waals surface area (Å²) in [5, 5.41) is 1.95. The fourth-order valence-corrected chi connectivity index (χ4v) is 4.02. The molecule has 1 heterocycles. The van der Waals surface area contributed by atoms with Gasteiger partial charge in [-0.2, -0.15) is 17.0 Å². The maximum Gasteiger partial charge on any atom is 0.281 e. The van der Waals surface area contributed by atoms with Crippen molar-refractivity contribution in [1.29, 1.82) is 0 Å². The van der Waals surface area contributed by atoms with Gasteiger partial charge in [0, 0.05) is 45.8 Å². The average molecular weight is 347 g/mol. The second-order valence-corrected chi connectivity index (χ2v) is 8.15. The largest absolute Gasteiger partial charge is 0.336 e. The summed E-state index contributed by atoms with van der Waals surface area (Å²) in [5.74, 6) is -0.0475. The number of carbonyl (C=O) groups is 1. The number of piperazine rings is 1. The van der Waals surface area contributed by atoms with E-state index < -0.39 is 10.2 Å². The molecule has 0 radical (unpaired) electrons. The lowest BCUT2D eigenvalue weighted by Crippen LogP contribution is -2.53. The van der Waals surface area contributed by atoms with Gasteiger partial charge in [-0.25, -0.2) is 0 Å². The first-order valence-corrected chi connectivity index (χ1v) is 9.25. The average Bonchev–Trinajstić information content (AvgIpc) is 2.60. The van der Waals surface area contributed by atoms with Gasteiger partial charge in [-0.1, -0.05) is 36.4 Å². The highest BCUT2D eigenvalue weighted by atomic mass is 32.2. The Morgan fingerprint density at radius 2 is 1.58 bits per heavy atom. The molecule has 0 N–H and O–H groups in total. The van der Waals surface area contributed by atoms with Crippen LogP contribution in [0.1, 0.15) is 10.4 Å². The quantitative estimate of drug-likeness (QED) is 0.843. The van der Waals surface area contributed by atoms with E-state index in [0.717, 1.165) is 10.8 Å². The summed E-state index contributed by atoms with van der Waals surface area (Å²) < 4.78 is 26.9. The van der Waals surface area contributed by atoms with Crippen molar-refractivity contribution >= 4 is 26.9 Å². The van der Waals surface area contributed by atoms with Crippen LogP contribution < -0.4 is 0 Å². The molecule has 0 bridgehead atoms. The van der Waals surface area contributed by atoms with Crippen LogP contribution in [0.2, 0.25) is 0 Å². The standard InChI is InChI=1S/C17H21N3O3S/c1-18(2)24(22,23)20-12-10-19(11-13-20)17(21)16-9-5-7-14-6-3-4-8-15(14)16/h3-9H,10-13H2,1-2H3. The second-order valence-electron chi connectivity index (χ2n) is 6.01.